The number of hydrogen-bond donors (Lipinski definition) is 1. The lowest BCUT2D eigenvalue weighted by molar-refractivity contribution is 0.129. The Morgan fingerprint density at radius 1 is 1.17 bits per heavy atom. The molecule has 1 aliphatic heterocycles. The van der Waals surface area contributed by atoms with Crippen molar-refractivity contribution in [2.24, 2.45) is 0 Å². The van der Waals surface area contributed by atoms with Gasteiger partial charge in [-0.25, -0.2) is 4.79 Å². The predicted molar refractivity (Wildman–Crippen MR) is 63.6 cm³/mol. The third-order valence-electron chi connectivity index (χ3n) is 2.84. The summed E-state index contributed by atoms with van der Waals surface area (Å²) in [6.45, 7) is 0. The molecule has 2 aromatic rings. The van der Waals surface area contributed by atoms with Gasteiger partial charge in [-0.05, 0) is 5.56 Å². The second kappa shape index (κ2) is 4.44. The van der Waals surface area contributed by atoms with Gasteiger partial charge in [-0.1, -0.05) is 30.3 Å². The number of carbonyl (C=O) groups is 1. The van der Waals surface area contributed by atoms with Crippen LogP contribution in [0.15, 0.2) is 48.9 Å². The van der Waals surface area contributed by atoms with Crippen LogP contribution in [-0.4, -0.2) is 16.1 Å². The Hall–Kier alpha value is -2.43. The Balaban J connectivity index is 1.96. The fourth-order valence-electron chi connectivity index (χ4n) is 2.03. The number of aromatic nitrogens is 2. The van der Waals surface area contributed by atoms with Gasteiger partial charge < -0.3 is 10.1 Å². The highest BCUT2D eigenvalue weighted by Crippen LogP contribution is 2.34. The predicted octanol–water partition coefficient (Wildman–Crippen LogP) is 2.00. The standard InChI is InChI=1S/C13H11N3O2/c17-13-16-11(9-4-2-1-3-5-9)12(18-13)10-8-14-6-7-15-10/h1-8,11-12H,(H,16,17)/t11-,12-/m1/s1. The molecule has 1 N–H and O–H groups in total. The van der Waals surface area contributed by atoms with E-state index in [1.165, 1.54) is 0 Å². The molecule has 1 aromatic heterocycles. The average molecular weight is 241 g/mol. The van der Waals surface area contributed by atoms with Crippen molar-refractivity contribution < 1.29 is 9.53 Å². The Morgan fingerprint density at radius 3 is 2.72 bits per heavy atom. The van der Waals surface area contributed by atoms with Crippen LogP contribution in [0.2, 0.25) is 0 Å². The van der Waals surface area contributed by atoms with Crippen molar-refractivity contribution in [2.75, 3.05) is 0 Å². The molecule has 0 spiro atoms. The van der Waals surface area contributed by atoms with Crippen molar-refractivity contribution in [2.45, 2.75) is 12.1 Å². The summed E-state index contributed by atoms with van der Waals surface area (Å²) in [5.74, 6) is 0. The Kier molecular flexibility index (Phi) is 2.64. The molecule has 0 bridgehead atoms. The largest absolute Gasteiger partial charge is 0.437 e. The molecule has 1 aliphatic rings. The van der Waals surface area contributed by atoms with Gasteiger partial charge in [-0.15, -0.1) is 0 Å². The highest BCUT2D eigenvalue weighted by Gasteiger charge is 2.37. The van der Waals surface area contributed by atoms with E-state index in [1.54, 1.807) is 18.6 Å². The Labute approximate surface area is 104 Å². The van der Waals surface area contributed by atoms with Crippen molar-refractivity contribution in [3.63, 3.8) is 0 Å². The fraction of sp³-hybridized carbons (Fsp3) is 0.154. The highest BCUT2D eigenvalue weighted by atomic mass is 16.6. The molecule has 90 valence electrons. The maximum Gasteiger partial charge on any atom is 0.408 e. The number of rotatable bonds is 2. The summed E-state index contributed by atoms with van der Waals surface area (Å²) in [4.78, 5) is 19.6. The summed E-state index contributed by atoms with van der Waals surface area (Å²) in [7, 11) is 0. The van der Waals surface area contributed by atoms with Crippen molar-refractivity contribution in [3.05, 3.63) is 60.2 Å². The summed E-state index contributed by atoms with van der Waals surface area (Å²) in [6.07, 6.45) is 3.92. The van der Waals surface area contributed by atoms with Crippen LogP contribution >= 0.6 is 0 Å². The van der Waals surface area contributed by atoms with E-state index in [2.05, 4.69) is 15.3 Å². The van der Waals surface area contributed by atoms with E-state index in [4.69, 9.17) is 4.74 Å². The maximum atomic E-state index is 11.4. The first-order valence-corrected chi connectivity index (χ1v) is 5.62. The van der Waals surface area contributed by atoms with Crippen LogP contribution in [0.4, 0.5) is 4.79 Å². The smallest absolute Gasteiger partial charge is 0.408 e. The van der Waals surface area contributed by atoms with Crippen LogP contribution in [0.1, 0.15) is 23.4 Å². The number of ether oxygens (including phenoxy) is 1. The SMILES string of the molecule is O=C1N[C@H](c2ccccc2)[C@@H](c2cnccn2)O1. The molecule has 3 rings (SSSR count). The minimum atomic E-state index is -0.436. The molecule has 5 nitrogen and oxygen atoms in total. The van der Waals surface area contributed by atoms with E-state index >= 15 is 0 Å². The number of alkyl carbamates (subject to hydrolysis) is 1. The zero-order valence-electron chi connectivity index (χ0n) is 9.48. The topological polar surface area (TPSA) is 64.1 Å². The molecule has 0 saturated carbocycles. The zero-order valence-corrected chi connectivity index (χ0v) is 9.48. The van der Waals surface area contributed by atoms with Gasteiger partial charge in [0.05, 0.1) is 6.20 Å². The average Bonchev–Trinajstić information content (AvgIpc) is 2.83. The Morgan fingerprint density at radius 2 is 2.00 bits per heavy atom. The van der Waals surface area contributed by atoms with E-state index in [-0.39, 0.29) is 6.04 Å². The summed E-state index contributed by atoms with van der Waals surface area (Å²) in [6, 6.07) is 9.45. The van der Waals surface area contributed by atoms with Crippen molar-refractivity contribution in [1.29, 1.82) is 0 Å². The molecule has 2 heterocycles. The van der Waals surface area contributed by atoms with Crippen molar-refractivity contribution in [3.8, 4) is 0 Å². The molecule has 1 aromatic carbocycles. The van der Waals surface area contributed by atoms with Crippen molar-refractivity contribution in [1.82, 2.24) is 15.3 Å². The second-order valence-corrected chi connectivity index (χ2v) is 3.99. The summed E-state index contributed by atoms with van der Waals surface area (Å²) in [5.41, 5.74) is 1.63. The van der Waals surface area contributed by atoms with Gasteiger partial charge in [-0.2, -0.15) is 0 Å². The number of nitrogens with one attached hydrogen (secondary N) is 1. The monoisotopic (exact) mass is 241 g/mol. The van der Waals surface area contributed by atoms with Gasteiger partial charge >= 0.3 is 6.09 Å². The summed E-state index contributed by atoms with van der Waals surface area (Å²) in [5, 5.41) is 2.79. The number of carbonyl (C=O) groups excluding carboxylic acids is 1. The molecule has 0 aliphatic carbocycles. The van der Waals surface area contributed by atoms with Gasteiger partial charge in [0.1, 0.15) is 11.7 Å². The molecule has 2 atom stereocenters. The van der Waals surface area contributed by atoms with Gasteiger partial charge in [0.2, 0.25) is 0 Å². The molecule has 0 unspecified atom stereocenters. The number of cyclic esters (lactones) is 1. The van der Waals surface area contributed by atoms with Gasteiger partial charge in [-0.3, -0.25) is 9.97 Å². The van der Waals surface area contributed by atoms with Crippen LogP contribution in [-0.2, 0) is 4.74 Å². The summed E-state index contributed by atoms with van der Waals surface area (Å²) >= 11 is 0. The number of benzene rings is 1. The van der Waals surface area contributed by atoms with Crippen LogP contribution < -0.4 is 5.32 Å². The van der Waals surface area contributed by atoms with Gasteiger partial charge in [0, 0.05) is 12.4 Å². The van der Waals surface area contributed by atoms with Gasteiger partial charge in [0.15, 0.2) is 6.10 Å². The minimum Gasteiger partial charge on any atom is -0.437 e. The van der Waals surface area contributed by atoms with E-state index in [0.29, 0.717) is 5.69 Å². The van der Waals surface area contributed by atoms with E-state index in [9.17, 15) is 4.79 Å². The molecule has 1 saturated heterocycles. The van der Waals surface area contributed by atoms with Crippen molar-refractivity contribution >= 4 is 6.09 Å². The highest BCUT2D eigenvalue weighted by molar-refractivity contribution is 5.71. The molecule has 0 radical (unpaired) electrons. The zero-order chi connectivity index (χ0) is 12.4. The van der Waals surface area contributed by atoms with Crippen LogP contribution in [0.5, 0.6) is 0 Å². The lowest BCUT2D eigenvalue weighted by Crippen LogP contribution is -2.19. The number of nitrogens with zero attached hydrogens (tertiary/aromatic N) is 2. The molecular weight excluding hydrogens is 230 g/mol. The third kappa shape index (κ3) is 1.90. The number of amides is 1. The molecule has 1 fully saturated rings. The molecular formula is C13H11N3O2. The maximum absolute atomic E-state index is 11.4. The van der Waals surface area contributed by atoms with Crippen LogP contribution in [0.25, 0.3) is 0 Å². The normalized spacial score (nSPS) is 22.3. The lowest BCUT2D eigenvalue weighted by Gasteiger charge is -2.16. The summed E-state index contributed by atoms with van der Waals surface area (Å²) < 4.78 is 5.26. The third-order valence-corrected chi connectivity index (χ3v) is 2.84. The van der Waals surface area contributed by atoms with E-state index in [1.807, 2.05) is 30.3 Å². The lowest BCUT2D eigenvalue weighted by atomic mass is 10.0. The first-order valence-electron chi connectivity index (χ1n) is 5.62. The van der Waals surface area contributed by atoms with Crippen LogP contribution in [0, 0.1) is 0 Å². The second-order valence-electron chi connectivity index (χ2n) is 3.99. The quantitative estimate of drug-likeness (QED) is 0.873. The molecule has 1 amide bonds. The van der Waals surface area contributed by atoms with Crippen LogP contribution in [0.3, 0.4) is 0 Å². The van der Waals surface area contributed by atoms with E-state index in [0.717, 1.165) is 5.56 Å². The molecule has 5 heteroatoms. The number of hydrogen-bond acceptors (Lipinski definition) is 4. The van der Waals surface area contributed by atoms with E-state index < -0.39 is 12.2 Å². The van der Waals surface area contributed by atoms with Gasteiger partial charge in [0.25, 0.3) is 0 Å². The first kappa shape index (κ1) is 10.7. The molecule has 18 heavy (non-hydrogen) atoms. The first-order chi connectivity index (χ1) is 8.84. The Bertz CT molecular complexity index is 495. The minimum absolute atomic E-state index is 0.226. The fourth-order valence-corrected chi connectivity index (χ4v) is 2.03.